The highest BCUT2D eigenvalue weighted by atomic mass is 32.1. The number of anilines is 1. The van der Waals surface area contributed by atoms with Gasteiger partial charge in [-0.15, -0.1) is 11.3 Å². The SMILES string of the molecule is CC(C)(C)c1cc(N(C(=O)[C@H]2CC[C@H](C)CC2)C2CCC(Oc3nc(CN4CCCC4)cs3)CC2)c(C(=O)O)s1. The fourth-order valence-corrected chi connectivity index (χ4v) is 8.20. The van der Waals surface area contributed by atoms with E-state index < -0.39 is 5.97 Å². The molecule has 0 atom stereocenters. The van der Waals surface area contributed by atoms with Crippen molar-refractivity contribution in [1.29, 1.82) is 0 Å². The zero-order valence-electron chi connectivity index (χ0n) is 24.5. The molecule has 2 aliphatic carbocycles. The number of thiophene rings is 1. The topological polar surface area (TPSA) is 83.0 Å². The maximum absolute atomic E-state index is 14.1. The van der Waals surface area contributed by atoms with Crippen molar-refractivity contribution < 1.29 is 19.4 Å². The van der Waals surface area contributed by atoms with Crippen molar-refractivity contribution in [2.45, 2.75) is 116 Å². The molecule has 0 bridgehead atoms. The van der Waals surface area contributed by atoms with E-state index >= 15 is 0 Å². The summed E-state index contributed by atoms with van der Waals surface area (Å²) in [6.45, 7) is 11.7. The molecule has 1 saturated heterocycles. The Kier molecular flexibility index (Phi) is 9.22. The van der Waals surface area contributed by atoms with Gasteiger partial charge in [0.15, 0.2) is 0 Å². The van der Waals surface area contributed by atoms with Crippen molar-refractivity contribution in [2.24, 2.45) is 11.8 Å². The molecule has 3 aliphatic rings. The summed E-state index contributed by atoms with van der Waals surface area (Å²) in [5.41, 5.74) is 1.50. The number of hydrogen-bond donors (Lipinski definition) is 1. The van der Waals surface area contributed by atoms with Gasteiger partial charge in [-0.3, -0.25) is 9.69 Å². The Labute approximate surface area is 246 Å². The Morgan fingerprint density at radius 2 is 1.75 bits per heavy atom. The molecule has 3 heterocycles. The van der Waals surface area contributed by atoms with Crippen LogP contribution in [-0.2, 0) is 16.8 Å². The van der Waals surface area contributed by atoms with Crippen molar-refractivity contribution in [3.63, 3.8) is 0 Å². The first-order valence-electron chi connectivity index (χ1n) is 15.1. The summed E-state index contributed by atoms with van der Waals surface area (Å²) in [5, 5.41) is 13.0. The van der Waals surface area contributed by atoms with Gasteiger partial charge in [-0.2, -0.15) is 0 Å². The summed E-state index contributed by atoms with van der Waals surface area (Å²) in [4.78, 5) is 36.9. The van der Waals surface area contributed by atoms with E-state index in [0.29, 0.717) is 11.6 Å². The Morgan fingerprint density at radius 3 is 2.38 bits per heavy atom. The number of carboxylic acids is 1. The van der Waals surface area contributed by atoms with E-state index in [1.165, 1.54) is 24.2 Å². The Balaban J connectivity index is 1.31. The minimum absolute atomic E-state index is 0.0192. The van der Waals surface area contributed by atoms with E-state index in [2.05, 4.69) is 38.0 Å². The van der Waals surface area contributed by atoms with Gasteiger partial charge in [0.1, 0.15) is 11.0 Å². The number of carboxylic acid groups (broad SMARTS) is 1. The van der Waals surface area contributed by atoms with Gasteiger partial charge < -0.3 is 14.7 Å². The maximum atomic E-state index is 14.1. The molecule has 2 aromatic rings. The van der Waals surface area contributed by atoms with Crippen LogP contribution in [0.2, 0.25) is 0 Å². The van der Waals surface area contributed by atoms with Gasteiger partial charge in [-0.1, -0.05) is 39.0 Å². The number of rotatable bonds is 8. The van der Waals surface area contributed by atoms with Crippen LogP contribution in [0.25, 0.3) is 0 Å². The molecule has 40 heavy (non-hydrogen) atoms. The van der Waals surface area contributed by atoms with Crippen LogP contribution in [0.1, 0.15) is 112 Å². The highest BCUT2D eigenvalue weighted by Crippen LogP contribution is 2.42. The largest absolute Gasteiger partial charge is 0.477 e. The van der Waals surface area contributed by atoms with E-state index in [1.54, 1.807) is 11.3 Å². The number of aromatic carboxylic acids is 1. The summed E-state index contributed by atoms with van der Waals surface area (Å²) in [5.74, 6) is -0.219. The van der Waals surface area contributed by atoms with E-state index in [1.807, 2.05) is 11.0 Å². The van der Waals surface area contributed by atoms with Gasteiger partial charge in [0.25, 0.3) is 5.19 Å². The van der Waals surface area contributed by atoms with Gasteiger partial charge in [0.2, 0.25) is 5.91 Å². The van der Waals surface area contributed by atoms with Crippen LogP contribution in [0.3, 0.4) is 0 Å². The van der Waals surface area contributed by atoms with E-state index in [9.17, 15) is 14.7 Å². The molecule has 2 aromatic heterocycles. The van der Waals surface area contributed by atoms with Gasteiger partial charge in [0, 0.05) is 28.8 Å². The molecule has 0 radical (unpaired) electrons. The molecule has 1 N–H and O–H groups in total. The number of likely N-dealkylation sites (tertiary alicyclic amines) is 1. The predicted octanol–water partition coefficient (Wildman–Crippen LogP) is 7.35. The minimum atomic E-state index is -0.948. The third kappa shape index (κ3) is 6.90. The summed E-state index contributed by atoms with van der Waals surface area (Å²) >= 11 is 2.89. The molecule has 0 unspecified atom stereocenters. The number of carbonyl (C=O) groups excluding carboxylic acids is 1. The lowest BCUT2D eigenvalue weighted by Crippen LogP contribution is -2.47. The number of aromatic nitrogens is 1. The van der Waals surface area contributed by atoms with Crippen LogP contribution in [0.5, 0.6) is 5.19 Å². The van der Waals surface area contributed by atoms with Crippen molar-refractivity contribution >= 4 is 40.2 Å². The van der Waals surface area contributed by atoms with Crippen molar-refractivity contribution in [3.8, 4) is 5.19 Å². The predicted molar refractivity (Wildman–Crippen MR) is 162 cm³/mol. The van der Waals surface area contributed by atoms with Crippen LogP contribution >= 0.6 is 22.7 Å². The van der Waals surface area contributed by atoms with E-state index in [-0.39, 0.29) is 34.3 Å². The van der Waals surface area contributed by atoms with Crippen LogP contribution in [-0.4, -0.2) is 52.1 Å². The summed E-state index contributed by atoms with van der Waals surface area (Å²) in [7, 11) is 0. The number of hydrogen-bond acceptors (Lipinski definition) is 7. The van der Waals surface area contributed by atoms with Gasteiger partial charge in [-0.25, -0.2) is 9.78 Å². The molecule has 220 valence electrons. The number of amides is 1. The molecule has 0 aromatic carbocycles. The van der Waals surface area contributed by atoms with Crippen LogP contribution in [0.4, 0.5) is 5.69 Å². The van der Waals surface area contributed by atoms with Crippen LogP contribution < -0.4 is 9.64 Å². The van der Waals surface area contributed by atoms with Crippen molar-refractivity contribution in [3.05, 3.63) is 26.9 Å². The summed E-state index contributed by atoms with van der Waals surface area (Å²) in [6, 6.07) is 1.96. The quantitative estimate of drug-likeness (QED) is 0.348. The molecule has 3 fully saturated rings. The molecule has 5 rings (SSSR count). The molecule has 1 amide bonds. The lowest BCUT2D eigenvalue weighted by atomic mass is 9.81. The Bertz CT molecular complexity index is 1160. The third-order valence-electron chi connectivity index (χ3n) is 8.90. The average Bonchev–Trinajstić information content (AvgIpc) is 3.68. The fourth-order valence-electron chi connectivity index (χ4n) is 6.43. The summed E-state index contributed by atoms with van der Waals surface area (Å²) in [6.07, 6.45) is 9.75. The second-order valence-electron chi connectivity index (χ2n) is 13.2. The smallest absolute Gasteiger partial charge is 0.348 e. The normalized spacial score (nSPS) is 26.1. The van der Waals surface area contributed by atoms with E-state index in [4.69, 9.17) is 9.72 Å². The molecular weight excluding hydrogens is 542 g/mol. The summed E-state index contributed by atoms with van der Waals surface area (Å²) < 4.78 is 6.33. The standard InChI is InChI=1S/C31H45N3O4S2/c1-20-7-9-21(10-8-20)28(35)34(25-17-26(31(2,3)4)40-27(25)29(36)37)23-11-13-24(14-12-23)38-30-32-22(19-39-30)18-33-15-5-6-16-33/h17,19-21,23-24H,5-16,18H2,1-4H3,(H,36,37)/t20-,21-,23?,24?. The molecular formula is C31H45N3O4S2. The highest BCUT2D eigenvalue weighted by Gasteiger charge is 2.38. The first-order chi connectivity index (χ1) is 19.1. The van der Waals surface area contributed by atoms with Crippen LogP contribution in [0, 0.1) is 11.8 Å². The number of thiazole rings is 1. The molecule has 2 saturated carbocycles. The van der Waals surface area contributed by atoms with Gasteiger partial charge >= 0.3 is 5.97 Å². The lowest BCUT2D eigenvalue weighted by molar-refractivity contribution is -0.124. The van der Waals surface area contributed by atoms with Gasteiger partial charge in [0.05, 0.1) is 11.4 Å². The van der Waals surface area contributed by atoms with Gasteiger partial charge in [-0.05, 0) is 94.7 Å². The minimum Gasteiger partial charge on any atom is -0.477 e. The molecule has 0 spiro atoms. The average molecular weight is 588 g/mol. The highest BCUT2D eigenvalue weighted by molar-refractivity contribution is 7.14. The number of nitrogens with zero attached hydrogens (tertiary/aromatic N) is 3. The van der Waals surface area contributed by atoms with Crippen molar-refractivity contribution in [1.82, 2.24) is 9.88 Å². The lowest BCUT2D eigenvalue weighted by Gasteiger charge is -2.39. The fraction of sp³-hybridized carbons (Fsp3) is 0.710. The maximum Gasteiger partial charge on any atom is 0.348 e. The van der Waals surface area contributed by atoms with E-state index in [0.717, 1.165) is 86.8 Å². The first-order valence-corrected chi connectivity index (χ1v) is 16.8. The Hall–Kier alpha value is -1.97. The van der Waals surface area contributed by atoms with Crippen LogP contribution in [0.15, 0.2) is 11.4 Å². The zero-order chi connectivity index (χ0) is 28.4. The zero-order valence-corrected chi connectivity index (χ0v) is 26.1. The second kappa shape index (κ2) is 12.5. The molecule has 1 aliphatic heterocycles. The monoisotopic (exact) mass is 587 g/mol. The number of carbonyl (C=O) groups is 2. The molecule has 9 heteroatoms. The second-order valence-corrected chi connectivity index (χ2v) is 15.1. The Morgan fingerprint density at radius 1 is 1.07 bits per heavy atom. The third-order valence-corrected chi connectivity index (χ3v) is 11.2. The van der Waals surface area contributed by atoms with Crippen molar-refractivity contribution in [2.75, 3.05) is 18.0 Å². The number of ether oxygens (including phenoxy) is 1. The first kappa shape index (κ1) is 29.5. The molecule has 7 nitrogen and oxygen atoms in total.